The molecule has 4 rings (SSSR count). The van der Waals surface area contributed by atoms with Gasteiger partial charge in [-0.3, -0.25) is 14.4 Å². The van der Waals surface area contributed by atoms with Gasteiger partial charge >= 0.3 is 0 Å². The van der Waals surface area contributed by atoms with Crippen molar-refractivity contribution in [2.24, 2.45) is 0 Å². The molecule has 2 aliphatic rings. The van der Waals surface area contributed by atoms with Crippen molar-refractivity contribution in [3.8, 4) is 0 Å². The molecule has 7 heteroatoms. The Labute approximate surface area is 166 Å². The van der Waals surface area contributed by atoms with Gasteiger partial charge in [0.15, 0.2) is 5.69 Å². The number of piperazine rings is 1. The van der Waals surface area contributed by atoms with Crippen LogP contribution in [0.5, 0.6) is 0 Å². The fourth-order valence-corrected chi connectivity index (χ4v) is 4.42. The van der Waals surface area contributed by atoms with Gasteiger partial charge in [-0.05, 0) is 52.4 Å². The summed E-state index contributed by atoms with van der Waals surface area (Å²) in [7, 11) is 4.25. The average Bonchev–Trinajstić information content (AvgIpc) is 3.35. The first-order valence-corrected chi connectivity index (χ1v) is 10.4. The Balaban J connectivity index is 1.54. The molecule has 1 fully saturated rings. The summed E-state index contributed by atoms with van der Waals surface area (Å²) in [5.74, 6) is 1.08. The van der Waals surface area contributed by atoms with Crippen LogP contribution in [-0.4, -0.2) is 76.7 Å². The highest BCUT2D eigenvalue weighted by molar-refractivity contribution is 5.94. The van der Waals surface area contributed by atoms with Crippen LogP contribution in [0, 0.1) is 0 Å². The van der Waals surface area contributed by atoms with Crippen molar-refractivity contribution in [3.05, 3.63) is 41.1 Å². The molecule has 2 aromatic rings. The van der Waals surface area contributed by atoms with E-state index in [-0.39, 0.29) is 5.91 Å². The first-order chi connectivity index (χ1) is 13.6. The maximum atomic E-state index is 13.2. The lowest BCUT2D eigenvalue weighted by atomic mass is 9.90. The molecule has 0 saturated carbocycles. The SMILES string of the molecule is CCn1nc(C(=O)N2CCN(C)CC2)c2c1CCC(N(C)Cc1ccco1)C2. The lowest BCUT2D eigenvalue weighted by Gasteiger charge is -2.33. The second kappa shape index (κ2) is 8.09. The maximum absolute atomic E-state index is 13.2. The first-order valence-electron chi connectivity index (χ1n) is 10.4. The number of hydrogen-bond donors (Lipinski definition) is 0. The Morgan fingerprint density at radius 3 is 2.79 bits per heavy atom. The summed E-state index contributed by atoms with van der Waals surface area (Å²) in [6, 6.07) is 4.34. The van der Waals surface area contributed by atoms with Crippen LogP contribution >= 0.6 is 0 Å². The van der Waals surface area contributed by atoms with Gasteiger partial charge in [0.2, 0.25) is 0 Å². The van der Waals surface area contributed by atoms with Gasteiger partial charge < -0.3 is 14.2 Å². The number of aryl methyl sites for hydroxylation is 1. The van der Waals surface area contributed by atoms with Crippen LogP contribution in [0.2, 0.25) is 0 Å². The van der Waals surface area contributed by atoms with E-state index < -0.39 is 0 Å². The Kier molecular flexibility index (Phi) is 5.55. The van der Waals surface area contributed by atoms with E-state index in [0.29, 0.717) is 11.7 Å². The first kappa shape index (κ1) is 19.2. The molecule has 28 heavy (non-hydrogen) atoms. The molecular formula is C21H31N5O2. The molecule has 1 aliphatic heterocycles. The highest BCUT2D eigenvalue weighted by Gasteiger charge is 2.33. The molecule has 0 radical (unpaired) electrons. The van der Waals surface area contributed by atoms with E-state index in [4.69, 9.17) is 9.52 Å². The van der Waals surface area contributed by atoms with Gasteiger partial charge in [0, 0.05) is 50.0 Å². The average molecular weight is 386 g/mol. The van der Waals surface area contributed by atoms with E-state index in [1.807, 2.05) is 21.7 Å². The Morgan fingerprint density at radius 1 is 1.32 bits per heavy atom. The fourth-order valence-electron chi connectivity index (χ4n) is 4.42. The molecule has 0 bridgehead atoms. The van der Waals surface area contributed by atoms with Gasteiger partial charge in [-0.2, -0.15) is 5.10 Å². The van der Waals surface area contributed by atoms with Crippen molar-refractivity contribution in [1.29, 1.82) is 0 Å². The molecule has 1 unspecified atom stereocenters. The highest BCUT2D eigenvalue weighted by atomic mass is 16.3. The second-order valence-electron chi connectivity index (χ2n) is 8.08. The standard InChI is InChI=1S/C21H31N5O2/c1-4-26-19-8-7-16(24(3)15-17-6-5-13-28-17)14-18(19)20(22-26)21(27)25-11-9-23(2)10-12-25/h5-6,13,16H,4,7-12,14-15H2,1-3H3. The molecule has 1 atom stereocenters. The molecule has 2 aromatic heterocycles. The van der Waals surface area contributed by atoms with Crippen molar-refractivity contribution in [2.75, 3.05) is 40.3 Å². The molecule has 0 spiro atoms. The van der Waals surface area contributed by atoms with Crippen LogP contribution in [0.1, 0.15) is 40.9 Å². The van der Waals surface area contributed by atoms with Crippen LogP contribution < -0.4 is 0 Å². The topological polar surface area (TPSA) is 57.8 Å². The van der Waals surface area contributed by atoms with Gasteiger partial charge in [-0.1, -0.05) is 0 Å². The molecular weight excluding hydrogens is 354 g/mol. The van der Waals surface area contributed by atoms with Crippen molar-refractivity contribution in [3.63, 3.8) is 0 Å². The predicted octanol–water partition coefficient (Wildman–Crippen LogP) is 1.87. The second-order valence-corrected chi connectivity index (χ2v) is 8.08. The molecule has 1 amide bonds. The minimum absolute atomic E-state index is 0.103. The number of nitrogens with zero attached hydrogens (tertiary/aromatic N) is 5. The van der Waals surface area contributed by atoms with Gasteiger partial charge in [0.05, 0.1) is 12.8 Å². The third-order valence-corrected chi connectivity index (χ3v) is 6.22. The van der Waals surface area contributed by atoms with Crippen molar-refractivity contribution >= 4 is 5.91 Å². The summed E-state index contributed by atoms with van der Waals surface area (Å²) in [4.78, 5) is 19.8. The lowest BCUT2D eigenvalue weighted by molar-refractivity contribution is 0.0655. The van der Waals surface area contributed by atoms with Crippen molar-refractivity contribution in [1.82, 2.24) is 24.5 Å². The number of rotatable bonds is 5. The summed E-state index contributed by atoms with van der Waals surface area (Å²) in [5, 5.41) is 4.75. The van der Waals surface area contributed by atoms with E-state index >= 15 is 0 Å². The van der Waals surface area contributed by atoms with Crippen LogP contribution in [0.4, 0.5) is 0 Å². The Morgan fingerprint density at radius 2 is 2.11 bits per heavy atom. The Bertz CT molecular complexity index is 805. The monoisotopic (exact) mass is 385 g/mol. The molecule has 0 aromatic carbocycles. The molecule has 3 heterocycles. The van der Waals surface area contributed by atoms with Crippen molar-refractivity contribution < 1.29 is 9.21 Å². The summed E-state index contributed by atoms with van der Waals surface area (Å²) in [6.45, 7) is 7.12. The van der Waals surface area contributed by atoms with E-state index in [1.165, 1.54) is 5.69 Å². The van der Waals surface area contributed by atoms with E-state index in [1.54, 1.807) is 6.26 Å². The number of furan rings is 1. The minimum atomic E-state index is 0.103. The zero-order chi connectivity index (χ0) is 19.7. The van der Waals surface area contributed by atoms with E-state index in [2.05, 4.69) is 30.8 Å². The third kappa shape index (κ3) is 3.73. The van der Waals surface area contributed by atoms with Gasteiger partial charge in [0.1, 0.15) is 5.76 Å². The number of aromatic nitrogens is 2. The molecule has 7 nitrogen and oxygen atoms in total. The van der Waals surface area contributed by atoms with Crippen LogP contribution in [-0.2, 0) is 25.9 Å². The lowest BCUT2D eigenvalue weighted by Crippen LogP contribution is -2.47. The number of likely N-dealkylation sites (N-methyl/N-ethyl adjacent to an activating group) is 2. The molecule has 152 valence electrons. The molecule has 0 N–H and O–H groups in total. The third-order valence-electron chi connectivity index (χ3n) is 6.22. The van der Waals surface area contributed by atoms with Gasteiger partial charge in [-0.25, -0.2) is 0 Å². The predicted molar refractivity (Wildman–Crippen MR) is 107 cm³/mol. The van der Waals surface area contributed by atoms with Crippen LogP contribution in [0.15, 0.2) is 22.8 Å². The quantitative estimate of drug-likeness (QED) is 0.787. The highest BCUT2D eigenvalue weighted by Crippen LogP contribution is 2.29. The molecule has 1 aliphatic carbocycles. The number of hydrogen-bond acceptors (Lipinski definition) is 5. The fraction of sp³-hybridized carbons (Fsp3) is 0.619. The number of amides is 1. The number of carbonyl (C=O) groups excluding carboxylic acids is 1. The van der Waals surface area contributed by atoms with Crippen molar-refractivity contribution in [2.45, 2.75) is 45.3 Å². The minimum Gasteiger partial charge on any atom is -0.468 e. The maximum Gasteiger partial charge on any atom is 0.274 e. The normalized spacial score (nSPS) is 20.6. The van der Waals surface area contributed by atoms with Gasteiger partial charge in [0.25, 0.3) is 5.91 Å². The zero-order valence-corrected chi connectivity index (χ0v) is 17.2. The summed E-state index contributed by atoms with van der Waals surface area (Å²) in [5.41, 5.74) is 3.09. The number of carbonyl (C=O) groups is 1. The summed E-state index contributed by atoms with van der Waals surface area (Å²) < 4.78 is 7.56. The van der Waals surface area contributed by atoms with E-state index in [0.717, 1.165) is 69.9 Å². The Hall–Kier alpha value is -2.12. The van der Waals surface area contributed by atoms with Gasteiger partial charge in [-0.15, -0.1) is 0 Å². The number of fused-ring (bicyclic) bond motifs is 1. The summed E-state index contributed by atoms with van der Waals surface area (Å²) >= 11 is 0. The molecule has 1 saturated heterocycles. The zero-order valence-electron chi connectivity index (χ0n) is 17.2. The van der Waals surface area contributed by atoms with Crippen LogP contribution in [0.25, 0.3) is 0 Å². The largest absolute Gasteiger partial charge is 0.468 e. The summed E-state index contributed by atoms with van der Waals surface area (Å²) in [6.07, 6.45) is 4.65. The van der Waals surface area contributed by atoms with E-state index in [9.17, 15) is 4.79 Å². The smallest absolute Gasteiger partial charge is 0.274 e. The van der Waals surface area contributed by atoms with Crippen LogP contribution in [0.3, 0.4) is 0 Å².